The molecule has 0 unspecified atom stereocenters. The molecule has 0 aromatic carbocycles. The normalized spacial score (nSPS) is 27.3. The molecule has 2 rings (SSSR count). The highest BCUT2D eigenvalue weighted by atomic mass is 16.5. The van der Waals surface area contributed by atoms with Gasteiger partial charge in [-0.15, -0.1) is 0 Å². The lowest BCUT2D eigenvalue weighted by molar-refractivity contribution is 0.241. The first-order valence-corrected chi connectivity index (χ1v) is 7.23. The Balaban J connectivity index is 2.19. The fourth-order valence-electron chi connectivity index (χ4n) is 3.10. The Morgan fingerprint density at radius 3 is 2.58 bits per heavy atom. The highest BCUT2D eigenvalue weighted by molar-refractivity contribution is 5.41. The average molecular weight is 262 g/mol. The maximum atomic E-state index is 6.57. The largest absolute Gasteiger partial charge is 0.496 e. The van der Waals surface area contributed by atoms with Crippen molar-refractivity contribution in [2.75, 3.05) is 7.11 Å². The summed E-state index contributed by atoms with van der Waals surface area (Å²) in [6, 6.07) is 0. The van der Waals surface area contributed by atoms with Crippen molar-refractivity contribution in [1.29, 1.82) is 0 Å². The van der Waals surface area contributed by atoms with E-state index in [1.807, 2.05) is 13.1 Å². The third-order valence-corrected chi connectivity index (χ3v) is 4.54. The molecule has 0 aliphatic heterocycles. The Labute approximate surface area is 116 Å². The molecule has 19 heavy (non-hydrogen) atoms. The minimum atomic E-state index is -0.0788. The fraction of sp³-hybridized carbons (Fsp3) is 0.688. The number of ether oxygens (including phenoxy) is 1. The van der Waals surface area contributed by atoms with Gasteiger partial charge in [0.25, 0.3) is 0 Å². The van der Waals surface area contributed by atoms with E-state index in [0.717, 1.165) is 47.8 Å². The Morgan fingerprint density at radius 2 is 2.00 bits per heavy atom. The number of hydrogen-bond acceptors (Lipinski definition) is 3. The zero-order valence-corrected chi connectivity index (χ0v) is 12.6. The van der Waals surface area contributed by atoms with Crippen molar-refractivity contribution in [3.8, 4) is 5.75 Å². The molecule has 0 bridgehead atoms. The van der Waals surface area contributed by atoms with Gasteiger partial charge in [0, 0.05) is 35.0 Å². The molecule has 1 heterocycles. The molecule has 1 aliphatic carbocycles. The monoisotopic (exact) mass is 262 g/mol. The van der Waals surface area contributed by atoms with Crippen molar-refractivity contribution >= 4 is 0 Å². The number of aromatic nitrogens is 1. The second kappa shape index (κ2) is 5.49. The second-order valence-corrected chi connectivity index (χ2v) is 6.27. The van der Waals surface area contributed by atoms with Crippen LogP contribution in [-0.4, -0.2) is 17.6 Å². The summed E-state index contributed by atoms with van der Waals surface area (Å²) in [5, 5.41) is 0. The van der Waals surface area contributed by atoms with Crippen molar-refractivity contribution < 1.29 is 4.74 Å². The van der Waals surface area contributed by atoms with Gasteiger partial charge in [0.05, 0.1) is 7.11 Å². The zero-order valence-electron chi connectivity index (χ0n) is 12.6. The molecule has 1 aromatic rings. The van der Waals surface area contributed by atoms with Crippen LogP contribution >= 0.6 is 0 Å². The molecule has 0 radical (unpaired) electrons. The lowest BCUT2D eigenvalue weighted by atomic mass is 9.75. The smallest absolute Gasteiger partial charge is 0.128 e. The number of rotatable bonds is 3. The van der Waals surface area contributed by atoms with Crippen LogP contribution < -0.4 is 10.5 Å². The number of methoxy groups -OCH3 is 1. The van der Waals surface area contributed by atoms with E-state index in [1.165, 1.54) is 12.8 Å². The van der Waals surface area contributed by atoms with Gasteiger partial charge in [0.2, 0.25) is 0 Å². The molecule has 1 aromatic heterocycles. The van der Waals surface area contributed by atoms with Gasteiger partial charge in [-0.25, -0.2) is 0 Å². The molecule has 2 N–H and O–H groups in total. The van der Waals surface area contributed by atoms with E-state index in [9.17, 15) is 0 Å². The van der Waals surface area contributed by atoms with Crippen LogP contribution in [0.1, 0.15) is 49.4 Å². The van der Waals surface area contributed by atoms with E-state index in [-0.39, 0.29) is 5.54 Å². The molecule has 0 saturated heterocycles. The summed E-state index contributed by atoms with van der Waals surface area (Å²) < 4.78 is 5.47. The molecule has 3 heteroatoms. The molecule has 1 aliphatic rings. The first-order chi connectivity index (χ1) is 8.95. The number of aryl methyl sites for hydroxylation is 1. The third-order valence-electron chi connectivity index (χ3n) is 4.54. The second-order valence-electron chi connectivity index (χ2n) is 6.27. The number of pyridine rings is 1. The fourth-order valence-corrected chi connectivity index (χ4v) is 3.10. The topological polar surface area (TPSA) is 48.1 Å². The standard InChI is InChI=1S/C16H26N2O/c1-11-5-7-16(17,8-6-11)9-14-13(3)15(19-4)12(2)10-18-14/h10-11H,5-9,17H2,1-4H3. The minimum Gasteiger partial charge on any atom is -0.496 e. The van der Waals surface area contributed by atoms with Crippen molar-refractivity contribution in [2.45, 2.75) is 58.4 Å². The van der Waals surface area contributed by atoms with Gasteiger partial charge in [-0.05, 0) is 45.4 Å². The van der Waals surface area contributed by atoms with Crippen LogP contribution in [0.15, 0.2) is 6.20 Å². The summed E-state index contributed by atoms with van der Waals surface area (Å²) >= 11 is 0. The van der Waals surface area contributed by atoms with E-state index in [2.05, 4.69) is 18.8 Å². The Kier molecular flexibility index (Phi) is 4.14. The molecule has 0 spiro atoms. The van der Waals surface area contributed by atoms with Gasteiger partial charge >= 0.3 is 0 Å². The molecular weight excluding hydrogens is 236 g/mol. The summed E-state index contributed by atoms with van der Waals surface area (Å²) in [6.07, 6.45) is 7.44. The van der Waals surface area contributed by atoms with E-state index >= 15 is 0 Å². The molecular formula is C16H26N2O. The van der Waals surface area contributed by atoms with Crippen LogP contribution in [0.25, 0.3) is 0 Å². The van der Waals surface area contributed by atoms with E-state index in [1.54, 1.807) is 7.11 Å². The van der Waals surface area contributed by atoms with Crippen LogP contribution in [0.3, 0.4) is 0 Å². The summed E-state index contributed by atoms with van der Waals surface area (Å²) in [4.78, 5) is 4.58. The number of nitrogens with zero attached hydrogens (tertiary/aromatic N) is 1. The van der Waals surface area contributed by atoms with E-state index in [0.29, 0.717) is 0 Å². The van der Waals surface area contributed by atoms with Crippen molar-refractivity contribution in [3.63, 3.8) is 0 Å². The molecule has 106 valence electrons. The molecule has 0 amide bonds. The summed E-state index contributed by atoms with van der Waals surface area (Å²) in [7, 11) is 1.72. The van der Waals surface area contributed by atoms with Gasteiger partial charge in [-0.2, -0.15) is 0 Å². The van der Waals surface area contributed by atoms with Gasteiger partial charge < -0.3 is 10.5 Å². The molecule has 1 saturated carbocycles. The van der Waals surface area contributed by atoms with Crippen molar-refractivity contribution in [1.82, 2.24) is 4.98 Å². The van der Waals surface area contributed by atoms with Crippen LogP contribution in [-0.2, 0) is 6.42 Å². The minimum absolute atomic E-state index is 0.0788. The van der Waals surface area contributed by atoms with Crippen LogP contribution in [0.2, 0.25) is 0 Å². The van der Waals surface area contributed by atoms with Gasteiger partial charge in [0.1, 0.15) is 5.75 Å². The Hall–Kier alpha value is -1.09. The average Bonchev–Trinajstić information content (AvgIpc) is 2.38. The van der Waals surface area contributed by atoms with Crippen molar-refractivity contribution in [2.24, 2.45) is 11.7 Å². The number of hydrogen-bond donors (Lipinski definition) is 1. The lowest BCUT2D eigenvalue weighted by Gasteiger charge is -2.36. The highest BCUT2D eigenvalue weighted by Crippen LogP contribution is 2.34. The Bertz CT molecular complexity index is 448. The van der Waals surface area contributed by atoms with E-state index in [4.69, 9.17) is 10.5 Å². The summed E-state index contributed by atoms with van der Waals surface area (Å²) in [6.45, 7) is 6.43. The molecule has 1 fully saturated rings. The first kappa shape index (κ1) is 14.3. The van der Waals surface area contributed by atoms with Gasteiger partial charge in [-0.1, -0.05) is 6.92 Å². The zero-order chi connectivity index (χ0) is 14.0. The lowest BCUT2D eigenvalue weighted by Crippen LogP contribution is -2.45. The van der Waals surface area contributed by atoms with Crippen LogP contribution in [0, 0.1) is 19.8 Å². The number of nitrogens with two attached hydrogens (primary N) is 1. The Morgan fingerprint density at radius 1 is 1.37 bits per heavy atom. The SMILES string of the molecule is COc1c(C)cnc(CC2(N)CCC(C)CC2)c1C. The maximum Gasteiger partial charge on any atom is 0.128 e. The van der Waals surface area contributed by atoms with Crippen molar-refractivity contribution in [3.05, 3.63) is 23.0 Å². The first-order valence-electron chi connectivity index (χ1n) is 7.23. The maximum absolute atomic E-state index is 6.57. The van der Waals surface area contributed by atoms with Crippen LogP contribution in [0.4, 0.5) is 0 Å². The molecule has 0 atom stereocenters. The third kappa shape index (κ3) is 3.08. The molecule has 3 nitrogen and oxygen atoms in total. The van der Waals surface area contributed by atoms with E-state index < -0.39 is 0 Å². The summed E-state index contributed by atoms with van der Waals surface area (Å²) in [5.74, 6) is 1.77. The predicted octanol–water partition coefficient (Wildman–Crippen LogP) is 3.16. The highest BCUT2D eigenvalue weighted by Gasteiger charge is 2.31. The quantitative estimate of drug-likeness (QED) is 0.910. The van der Waals surface area contributed by atoms with Crippen LogP contribution in [0.5, 0.6) is 5.75 Å². The predicted molar refractivity (Wildman–Crippen MR) is 78.5 cm³/mol. The van der Waals surface area contributed by atoms with Gasteiger partial charge in [-0.3, -0.25) is 4.98 Å². The van der Waals surface area contributed by atoms with Gasteiger partial charge in [0.15, 0.2) is 0 Å². The summed E-state index contributed by atoms with van der Waals surface area (Å²) in [5.41, 5.74) is 9.82.